The Bertz CT molecular complexity index is 377. The molecule has 2 nitrogen and oxygen atoms in total. The lowest BCUT2D eigenvalue weighted by molar-refractivity contribution is 0.0690. The zero-order valence-corrected chi connectivity index (χ0v) is 8.72. The van der Waals surface area contributed by atoms with E-state index in [9.17, 15) is 13.6 Å². The van der Waals surface area contributed by atoms with E-state index in [2.05, 4.69) is 0 Å². The molecule has 1 N–H and O–H groups in total. The minimum atomic E-state index is -1.38. The van der Waals surface area contributed by atoms with Crippen LogP contribution in [0, 0.1) is 22.1 Å². The number of aromatic carboxylic acids is 1. The first-order valence-corrected chi connectivity index (χ1v) is 4.40. The minimum absolute atomic E-state index is 0.0860. The highest BCUT2D eigenvalue weighted by Gasteiger charge is 2.19. The van der Waals surface area contributed by atoms with Gasteiger partial charge in [-0.2, -0.15) is 0 Å². The molecule has 0 aromatic heterocycles. The lowest BCUT2D eigenvalue weighted by atomic mass is 10.1. The van der Waals surface area contributed by atoms with Crippen molar-refractivity contribution >= 4 is 28.6 Å². The second-order valence-corrected chi connectivity index (χ2v) is 3.56. The lowest BCUT2D eigenvalue weighted by Gasteiger charge is -2.04. The van der Waals surface area contributed by atoms with E-state index in [-0.39, 0.29) is 9.13 Å². The quantitative estimate of drug-likeness (QED) is 0.639. The Morgan fingerprint density at radius 1 is 1.54 bits per heavy atom. The highest BCUT2D eigenvalue weighted by atomic mass is 127. The molecule has 0 aliphatic rings. The van der Waals surface area contributed by atoms with Gasteiger partial charge in [0.15, 0.2) is 5.82 Å². The molecule has 1 aromatic carbocycles. The van der Waals surface area contributed by atoms with Crippen LogP contribution in [0.15, 0.2) is 6.07 Å². The fraction of sp³-hybridized carbons (Fsp3) is 0.125. The van der Waals surface area contributed by atoms with Gasteiger partial charge in [0.2, 0.25) is 0 Å². The standard InChI is InChI=1S/C8H5F2IO2/c1-3-2-4(9)7(11)6(10)5(3)8(12)13/h2H,1H3,(H,12,13). The van der Waals surface area contributed by atoms with E-state index in [4.69, 9.17) is 5.11 Å². The summed E-state index contributed by atoms with van der Waals surface area (Å²) in [5.74, 6) is -3.13. The first kappa shape index (κ1) is 10.4. The van der Waals surface area contributed by atoms with Crippen LogP contribution in [0.2, 0.25) is 0 Å². The van der Waals surface area contributed by atoms with E-state index < -0.39 is 23.2 Å². The number of halogens is 3. The van der Waals surface area contributed by atoms with Gasteiger partial charge >= 0.3 is 5.97 Å². The maximum absolute atomic E-state index is 13.1. The summed E-state index contributed by atoms with van der Waals surface area (Å²) in [5.41, 5.74) is -0.381. The molecule has 5 heteroatoms. The van der Waals surface area contributed by atoms with E-state index in [1.807, 2.05) is 0 Å². The first-order chi connectivity index (χ1) is 5.95. The first-order valence-electron chi connectivity index (χ1n) is 3.32. The van der Waals surface area contributed by atoms with Gasteiger partial charge in [-0.3, -0.25) is 0 Å². The molecule has 0 aliphatic carbocycles. The van der Waals surface area contributed by atoms with Gasteiger partial charge < -0.3 is 5.11 Å². The summed E-state index contributed by atoms with van der Waals surface area (Å²) in [6.45, 7) is 1.35. The molecule has 0 fully saturated rings. The van der Waals surface area contributed by atoms with Crippen molar-refractivity contribution in [3.8, 4) is 0 Å². The zero-order chi connectivity index (χ0) is 10.2. The molecule has 0 saturated heterocycles. The van der Waals surface area contributed by atoms with Crippen molar-refractivity contribution < 1.29 is 18.7 Å². The predicted octanol–water partition coefficient (Wildman–Crippen LogP) is 2.58. The van der Waals surface area contributed by atoms with Gasteiger partial charge in [0.05, 0.1) is 9.13 Å². The van der Waals surface area contributed by atoms with E-state index in [0.29, 0.717) is 0 Å². The maximum atomic E-state index is 13.1. The third kappa shape index (κ3) is 1.79. The summed E-state index contributed by atoms with van der Waals surface area (Å²) in [7, 11) is 0. The average Bonchev–Trinajstić information content (AvgIpc) is 1.99. The molecule has 1 rings (SSSR count). The lowest BCUT2D eigenvalue weighted by Crippen LogP contribution is -2.07. The number of hydrogen-bond donors (Lipinski definition) is 1. The Balaban J connectivity index is 3.53. The Labute approximate surface area is 86.7 Å². The predicted molar refractivity (Wildman–Crippen MR) is 50.8 cm³/mol. The van der Waals surface area contributed by atoms with Crippen LogP contribution in [0.3, 0.4) is 0 Å². The summed E-state index contributed by atoms with van der Waals surface area (Å²) in [6.07, 6.45) is 0. The van der Waals surface area contributed by atoms with E-state index in [1.165, 1.54) is 29.5 Å². The summed E-state index contributed by atoms with van der Waals surface area (Å²) in [4.78, 5) is 10.5. The largest absolute Gasteiger partial charge is 0.478 e. The third-order valence-electron chi connectivity index (χ3n) is 1.57. The van der Waals surface area contributed by atoms with Crippen LogP contribution in [0.5, 0.6) is 0 Å². The van der Waals surface area contributed by atoms with Gasteiger partial charge in [-0.15, -0.1) is 0 Å². The molecular formula is C8H5F2IO2. The van der Waals surface area contributed by atoms with Crippen molar-refractivity contribution in [3.63, 3.8) is 0 Å². The number of rotatable bonds is 1. The normalized spacial score (nSPS) is 10.2. The monoisotopic (exact) mass is 298 g/mol. The molecule has 70 valence electrons. The van der Waals surface area contributed by atoms with Gasteiger partial charge in [-0.1, -0.05) is 0 Å². The van der Waals surface area contributed by atoms with Gasteiger partial charge in [0, 0.05) is 0 Å². The highest BCUT2D eigenvalue weighted by molar-refractivity contribution is 14.1. The molecule has 1 aromatic rings. The van der Waals surface area contributed by atoms with Gasteiger partial charge in [0.25, 0.3) is 0 Å². The number of carboxylic acid groups (broad SMARTS) is 1. The van der Waals surface area contributed by atoms with Crippen LogP contribution in [0.4, 0.5) is 8.78 Å². The maximum Gasteiger partial charge on any atom is 0.338 e. The minimum Gasteiger partial charge on any atom is -0.478 e. The van der Waals surface area contributed by atoms with Crippen LogP contribution >= 0.6 is 22.6 Å². The van der Waals surface area contributed by atoms with Crippen molar-refractivity contribution in [2.75, 3.05) is 0 Å². The Kier molecular flexibility index (Phi) is 2.84. The second-order valence-electron chi connectivity index (χ2n) is 2.48. The second kappa shape index (κ2) is 3.57. The smallest absolute Gasteiger partial charge is 0.338 e. The topological polar surface area (TPSA) is 37.3 Å². The number of benzene rings is 1. The molecule has 0 spiro atoms. The molecule has 0 radical (unpaired) electrons. The number of hydrogen-bond acceptors (Lipinski definition) is 1. The Morgan fingerprint density at radius 3 is 2.54 bits per heavy atom. The van der Waals surface area contributed by atoms with Crippen LogP contribution in [0.25, 0.3) is 0 Å². The van der Waals surface area contributed by atoms with Crippen molar-refractivity contribution in [1.29, 1.82) is 0 Å². The van der Waals surface area contributed by atoms with Crippen molar-refractivity contribution in [2.24, 2.45) is 0 Å². The molecule has 0 aliphatic heterocycles. The Hall–Kier alpha value is -0.720. The molecule has 0 saturated carbocycles. The molecule has 0 bridgehead atoms. The number of carboxylic acids is 1. The summed E-state index contributed by atoms with van der Waals surface area (Å²) in [5, 5.41) is 8.60. The van der Waals surface area contributed by atoms with E-state index in [1.54, 1.807) is 0 Å². The van der Waals surface area contributed by atoms with Gasteiger partial charge in [-0.25, -0.2) is 13.6 Å². The molecule has 0 heterocycles. The van der Waals surface area contributed by atoms with Gasteiger partial charge in [-0.05, 0) is 41.1 Å². The highest BCUT2D eigenvalue weighted by Crippen LogP contribution is 2.22. The molecule has 0 amide bonds. The summed E-state index contributed by atoms with van der Waals surface area (Å²) < 4.78 is 25.7. The molecule has 13 heavy (non-hydrogen) atoms. The molecular weight excluding hydrogens is 293 g/mol. The van der Waals surface area contributed by atoms with Crippen LogP contribution in [0.1, 0.15) is 15.9 Å². The van der Waals surface area contributed by atoms with Crippen molar-refractivity contribution in [3.05, 3.63) is 32.4 Å². The Morgan fingerprint density at radius 2 is 2.08 bits per heavy atom. The van der Waals surface area contributed by atoms with Crippen molar-refractivity contribution in [2.45, 2.75) is 6.92 Å². The van der Waals surface area contributed by atoms with Crippen LogP contribution in [-0.2, 0) is 0 Å². The van der Waals surface area contributed by atoms with Crippen LogP contribution < -0.4 is 0 Å². The number of carbonyl (C=O) groups is 1. The summed E-state index contributed by atoms with van der Waals surface area (Å²) >= 11 is 1.43. The summed E-state index contributed by atoms with van der Waals surface area (Å²) in [6, 6.07) is 1.01. The fourth-order valence-corrected chi connectivity index (χ4v) is 1.40. The average molecular weight is 298 g/mol. The van der Waals surface area contributed by atoms with Crippen molar-refractivity contribution in [1.82, 2.24) is 0 Å². The van der Waals surface area contributed by atoms with Gasteiger partial charge in [0.1, 0.15) is 5.82 Å². The number of aryl methyl sites for hydroxylation is 1. The van der Waals surface area contributed by atoms with E-state index >= 15 is 0 Å². The fourth-order valence-electron chi connectivity index (χ4n) is 0.976. The van der Waals surface area contributed by atoms with Crippen LogP contribution in [-0.4, -0.2) is 11.1 Å². The SMILES string of the molecule is Cc1cc(F)c(I)c(F)c1C(=O)O. The molecule has 0 atom stereocenters. The molecule has 0 unspecified atom stereocenters. The third-order valence-corrected chi connectivity index (χ3v) is 2.56. The van der Waals surface area contributed by atoms with E-state index in [0.717, 1.165) is 6.07 Å². The zero-order valence-electron chi connectivity index (χ0n) is 6.57.